The average Bonchev–Trinajstić information content (AvgIpc) is 2.37. The second-order valence-electron chi connectivity index (χ2n) is 4.72. The summed E-state index contributed by atoms with van der Waals surface area (Å²) < 4.78 is 5.53. The molecule has 1 fully saturated rings. The van der Waals surface area contributed by atoms with Crippen LogP contribution in [0.2, 0.25) is 0 Å². The maximum absolute atomic E-state index is 11.5. The fraction of sp³-hybridized carbons (Fsp3) is 0.846. The van der Waals surface area contributed by atoms with E-state index >= 15 is 0 Å². The van der Waals surface area contributed by atoms with Gasteiger partial charge in [-0.3, -0.25) is 9.59 Å². The first-order valence-corrected chi connectivity index (χ1v) is 6.77. The SMILES string of the molecule is CCCCCC(=O)NCC1CN(C(C)=O)CCO1. The number of carbonyl (C=O) groups is 2. The molecule has 1 rings (SSSR count). The van der Waals surface area contributed by atoms with E-state index in [9.17, 15) is 9.59 Å². The first-order valence-electron chi connectivity index (χ1n) is 6.77. The van der Waals surface area contributed by atoms with Crippen LogP contribution in [0.25, 0.3) is 0 Å². The van der Waals surface area contributed by atoms with Crippen LogP contribution in [0.5, 0.6) is 0 Å². The van der Waals surface area contributed by atoms with Gasteiger partial charge in [0.05, 0.1) is 12.7 Å². The Balaban J connectivity index is 2.18. The highest BCUT2D eigenvalue weighted by Crippen LogP contribution is 2.05. The molecule has 0 aromatic heterocycles. The summed E-state index contributed by atoms with van der Waals surface area (Å²) in [4.78, 5) is 24.5. The van der Waals surface area contributed by atoms with Gasteiger partial charge in [0.15, 0.2) is 0 Å². The lowest BCUT2D eigenvalue weighted by molar-refractivity contribution is -0.136. The molecule has 0 spiro atoms. The van der Waals surface area contributed by atoms with Crippen LogP contribution < -0.4 is 5.32 Å². The number of nitrogens with one attached hydrogen (secondary N) is 1. The third-order valence-electron chi connectivity index (χ3n) is 3.12. The molecule has 0 aliphatic carbocycles. The zero-order valence-corrected chi connectivity index (χ0v) is 11.4. The quantitative estimate of drug-likeness (QED) is 0.719. The summed E-state index contributed by atoms with van der Waals surface area (Å²) >= 11 is 0. The van der Waals surface area contributed by atoms with E-state index in [0.29, 0.717) is 32.7 Å². The monoisotopic (exact) mass is 256 g/mol. The summed E-state index contributed by atoms with van der Waals surface area (Å²) in [5.41, 5.74) is 0. The van der Waals surface area contributed by atoms with Crippen molar-refractivity contribution in [3.63, 3.8) is 0 Å². The molecule has 18 heavy (non-hydrogen) atoms. The normalized spacial score (nSPS) is 19.7. The molecular formula is C13H24N2O3. The second kappa shape index (κ2) is 8.08. The fourth-order valence-electron chi connectivity index (χ4n) is 1.98. The van der Waals surface area contributed by atoms with Gasteiger partial charge in [-0.05, 0) is 6.42 Å². The van der Waals surface area contributed by atoms with Crippen molar-refractivity contribution in [2.24, 2.45) is 0 Å². The molecular weight excluding hydrogens is 232 g/mol. The number of hydrogen-bond acceptors (Lipinski definition) is 3. The number of rotatable bonds is 6. The van der Waals surface area contributed by atoms with Crippen molar-refractivity contribution in [2.45, 2.75) is 45.6 Å². The van der Waals surface area contributed by atoms with E-state index in [1.54, 1.807) is 11.8 Å². The Morgan fingerprint density at radius 2 is 2.17 bits per heavy atom. The Labute approximate surface area is 109 Å². The molecule has 0 aromatic carbocycles. The highest BCUT2D eigenvalue weighted by Gasteiger charge is 2.22. The topological polar surface area (TPSA) is 58.6 Å². The maximum atomic E-state index is 11.5. The third-order valence-corrected chi connectivity index (χ3v) is 3.12. The highest BCUT2D eigenvalue weighted by atomic mass is 16.5. The summed E-state index contributed by atoms with van der Waals surface area (Å²) in [6, 6.07) is 0. The first-order chi connectivity index (χ1) is 8.63. The summed E-state index contributed by atoms with van der Waals surface area (Å²) in [7, 11) is 0. The van der Waals surface area contributed by atoms with Crippen molar-refractivity contribution < 1.29 is 14.3 Å². The molecule has 2 amide bonds. The van der Waals surface area contributed by atoms with Crippen molar-refractivity contribution >= 4 is 11.8 Å². The van der Waals surface area contributed by atoms with E-state index in [4.69, 9.17) is 4.74 Å². The summed E-state index contributed by atoms with van der Waals surface area (Å²) in [6.07, 6.45) is 3.65. The Morgan fingerprint density at radius 3 is 2.83 bits per heavy atom. The number of morpholine rings is 1. The molecule has 5 nitrogen and oxygen atoms in total. The fourth-order valence-corrected chi connectivity index (χ4v) is 1.98. The molecule has 1 atom stereocenters. The molecule has 1 unspecified atom stereocenters. The van der Waals surface area contributed by atoms with Crippen molar-refractivity contribution in [3.8, 4) is 0 Å². The van der Waals surface area contributed by atoms with Gasteiger partial charge in [0.1, 0.15) is 0 Å². The van der Waals surface area contributed by atoms with Crippen molar-refractivity contribution in [3.05, 3.63) is 0 Å². The van der Waals surface area contributed by atoms with Crippen molar-refractivity contribution in [1.82, 2.24) is 10.2 Å². The number of nitrogens with zero attached hydrogens (tertiary/aromatic N) is 1. The van der Waals surface area contributed by atoms with Gasteiger partial charge in [-0.15, -0.1) is 0 Å². The standard InChI is InChI=1S/C13H24N2O3/c1-3-4-5-6-13(17)14-9-12-10-15(11(2)16)7-8-18-12/h12H,3-10H2,1-2H3,(H,14,17). The van der Waals surface area contributed by atoms with Crippen LogP contribution in [0.1, 0.15) is 39.5 Å². The van der Waals surface area contributed by atoms with Crippen LogP contribution in [-0.2, 0) is 14.3 Å². The molecule has 0 radical (unpaired) electrons. The van der Waals surface area contributed by atoms with Gasteiger partial charge >= 0.3 is 0 Å². The number of unbranched alkanes of at least 4 members (excludes halogenated alkanes) is 2. The van der Waals surface area contributed by atoms with E-state index in [1.807, 2.05) is 0 Å². The lowest BCUT2D eigenvalue weighted by Crippen LogP contribution is -2.49. The zero-order valence-electron chi connectivity index (χ0n) is 11.4. The molecule has 1 saturated heterocycles. The van der Waals surface area contributed by atoms with Gasteiger partial charge in [-0.25, -0.2) is 0 Å². The smallest absolute Gasteiger partial charge is 0.220 e. The summed E-state index contributed by atoms with van der Waals surface area (Å²) in [5.74, 6) is 0.143. The van der Waals surface area contributed by atoms with E-state index in [-0.39, 0.29) is 17.9 Å². The molecule has 104 valence electrons. The van der Waals surface area contributed by atoms with E-state index in [1.165, 1.54) is 0 Å². The average molecular weight is 256 g/mol. The van der Waals surface area contributed by atoms with Crippen LogP contribution in [-0.4, -0.2) is 49.1 Å². The summed E-state index contributed by atoms with van der Waals surface area (Å²) in [6.45, 7) is 5.95. The Morgan fingerprint density at radius 1 is 1.39 bits per heavy atom. The van der Waals surface area contributed by atoms with Gasteiger partial charge in [0, 0.05) is 33.0 Å². The number of carbonyl (C=O) groups excluding carboxylic acids is 2. The largest absolute Gasteiger partial charge is 0.373 e. The molecule has 1 aliphatic heterocycles. The van der Waals surface area contributed by atoms with Crippen LogP contribution in [0.15, 0.2) is 0 Å². The second-order valence-corrected chi connectivity index (χ2v) is 4.72. The number of amides is 2. The van der Waals surface area contributed by atoms with Gasteiger partial charge in [0.2, 0.25) is 11.8 Å². The molecule has 1 heterocycles. The minimum atomic E-state index is -0.0715. The Hall–Kier alpha value is -1.10. The van der Waals surface area contributed by atoms with Crippen LogP contribution in [0, 0.1) is 0 Å². The third kappa shape index (κ3) is 5.49. The van der Waals surface area contributed by atoms with Crippen LogP contribution in [0.3, 0.4) is 0 Å². The predicted molar refractivity (Wildman–Crippen MR) is 69.1 cm³/mol. The number of hydrogen-bond donors (Lipinski definition) is 1. The highest BCUT2D eigenvalue weighted by molar-refractivity contribution is 5.76. The van der Waals surface area contributed by atoms with Crippen molar-refractivity contribution in [1.29, 1.82) is 0 Å². The van der Waals surface area contributed by atoms with E-state index in [0.717, 1.165) is 19.3 Å². The number of ether oxygens (including phenoxy) is 1. The van der Waals surface area contributed by atoms with Crippen LogP contribution >= 0.6 is 0 Å². The van der Waals surface area contributed by atoms with Crippen LogP contribution in [0.4, 0.5) is 0 Å². The molecule has 1 aliphatic rings. The predicted octanol–water partition coefficient (Wildman–Crippen LogP) is 0.930. The molecule has 0 saturated carbocycles. The molecule has 0 bridgehead atoms. The Bertz CT molecular complexity index is 281. The van der Waals surface area contributed by atoms with Gasteiger partial charge in [-0.1, -0.05) is 19.8 Å². The Kier molecular flexibility index (Phi) is 6.72. The molecule has 1 N–H and O–H groups in total. The minimum Gasteiger partial charge on any atom is -0.373 e. The molecule has 5 heteroatoms. The van der Waals surface area contributed by atoms with Gasteiger partial charge in [-0.2, -0.15) is 0 Å². The zero-order chi connectivity index (χ0) is 13.4. The minimum absolute atomic E-state index is 0.0672. The van der Waals surface area contributed by atoms with E-state index in [2.05, 4.69) is 12.2 Å². The maximum Gasteiger partial charge on any atom is 0.220 e. The molecule has 0 aromatic rings. The first kappa shape index (κ1) is 15.0. The van der Waals surface area contributed by atoms with Gasteiger partial charge < -0.3 is 15.0 Å². The van der Waals surface area contributed by atoms with Gasteiger partial charge in [0.25, 0.3) is 0 Å². The van der Waals surface area contributed by atoms with E-state index < -0.39 is 0 Å². The summed E-state index contributed by atoms with van der Waals surface area (Å²) in [5, 5.41) is 2.87. The van der Waals surface area contributed by atoms with Crippen molar-refractivity contribution in [2.75, 3.05) is 26.2 Å². The lowest BCUT2D eigenvalue weighted by Gasteiger charge is -2.32. The lowest BCUT2D eigenvalue weighted by atomic mass is 10.2.